The largest absolute Gasteiger partial charge is 0.396 e. The summed E-state index contributed by atoms with van der Waals surface area (Å²) in [6.45, 7) is 5.80. The van der Waals surface area contributed by atoms with E-state index in [1.165, 1.54) is 12.8 Å². The van der Waals surface area contributed by atoms with Gasteiger partial charge in [0.1, 0.15) is 0 Å². The highest BCUT2D eigenvalue weighted by Crippen LogP contribution is 2.50. The molecule has 1 fully saturated rings. The number of aliphatic hydroxyl groups is 1. The number of rotatable bonds is 7. The first-order valence-corrected chi connectivity index (χ1v) is 6.50. The summed E-state index contributed by atoms with van der Waals surface area (Å²) in [6, 6.07) is 0.624. The maximum absolute atomic E-state index is 8.88. The summed E-state index contributed by atoms with van der Waals surface area (Å²) < 4.78 is 5.59. The predicted molar refractivity (Wildman–Crippen MR) is 66.5 cm³/mol. The maximum Gasteiger partial charge on any atom is 0.0657 e. The molecule has 2 unspecified atom stereocenters. The molecule has 96 valence electrons. The van der Waals surface area contributed by atoms with E-state index in [0.717, 1.165) is 19.4 Å². The van der Waals surface area contributed by atoms with Crippen LogP contribution in [0.25, 0.3) is 0 Å². The SMILES string of the molecule is CCC1(CC)C(OC)CC1N(C)CCCO. The smallest absolute Gasteiger partial charge is 0.0657 e. The van der Waals surface area contributed by atoms with Crippen molar-refractivity contribution in [2.24, 2.45) is 5.41 Å². The van der Waals surface area contributed by atoms with Crippen molar-refractivity contribution in [2.75, 3.05) is 27.3 Å². The Balaban J connectivity index is 2.60. The van der Waals surface area contributed by atoms with E-state index in [1.807, 2.05) is 7.11 Å². The van der Waals surface area contributed by atoms with E-state index in [9.17, 15) is 0 Å². The Hall–Kier alpha value is -0.120. The van der Waals surface area contributed by atoms with E-state index in [2.05, 4.69) is 25.8 Å². The third kappa shape index (κ3) is 2.27. The minimum Gasteiger partial charge on any atom is -0.396 e. The van der Waals surface area contributed by atoms with Crippen LogP contribution in [0.3, 0.4) is 0 Å². The van der Waals surface area contributed by atoms with Crippen molar-refractivity contribution >= 4 is 0 Å². The van der Waals surface area contributed by atoms with Gasteiger partial charge < -0.3 is 14.7 Å². The molecule has 0 aromatic rings. The number of hydrogen-bond acceptors (Lipinski definition) is 3. The van der Waals surface area contributed by atoms with Crippen molar-refractivity contribution in [1.29, 1.82) is 0 Å². The Morgan fingerprint density at radius 1 is 1.38 bits per heavy atom. The van der Waals surface area contributed by atoms with Gasteiger partial charge in [0, 0.05) is 31.7 Å². The summed E-state index contributed by atoms with van der Waals surface area (Å²) in [4.78, 5) is 2.40. The highest BCUT2D eigenvalue weighted by Gasteiger charge is 2.54. The lowest BCUT2D eigenvalue weighted by Crippen LogP contribution is -2.63. The minimum atomic E-state index is 0.288. The maximum atomic E-state index is 8.88. The topological polar surface area (TPSA) is 32.7 Å². The fraction of sp³-hybridized carbons (Fsp3) is 1.00. The zero-order valence-corrected chi connectivity index (χ0v) is 11.2. The second-order valence-electron chi connectivity index (χ2n) is 4.97. The van der Waals surface area contributed by atoms with Crippen LogP contribution in [0, 0.1) is 5.41 Å². The van der Waals surface area contributed by atoms with E-state index >= 15 is 0 Å². The van der Waals surface area contributed by atoms with E-state index in [0.29, 0.717) is 17.6 Å². The van der Waals surface area contributed by atoms with Crippen molar-refractivity contribution in [3.05, 3.63) is 0 Å². The average molecular weight is 229 g/mol. The summed E-state index contributed by atoms with van der Waals surface area (Å²) in [7, 11) is 4.00. The van der Waals surface area contributed by atoms with Gasteiger partial charge >= 0.3 is 0 Å². The van der Waals surface area contributed by atoms with Crippen LogP contribution in [0.4, 0.5) is 0 Å². The van der Waals surface area contributed by atoms with Gasteiger partial charge in [0.25, 0.3) is 0 Å². The molecule has 0 heterocycles. The Labute approximate surface area is 99.8 Å². The standard InChI is InChI=1S/C13H27NO2/c1-5-13(6-2)11(10-12(13)16-4)14(3)8-7-9-15/h11-12,15H,5-10H2,1-4H3. The van der Waals surface area contributed by atoms with E-state index in [1.54, 1.807) is 0 Å². The molecular weight excluding hydrogens is 202 g/mol. The Kier molecular flexibility index (Phi) is 5.22. The number of ether oxygens (including phenoxy) is 1. The first-order valence-electron chi connectivity index (χ1n) is 6.50. The Bertz CT molecular complexity index is 204. The molecular formula is C13H27NO2. The normalized spacial score (nSPS) is 28.1. The number of methoxy groups -OCH3 is 1. The minimum absolute atomic E-state index is 0.288. The summed E-state index contributed by atoms with van der Waals surface area (Å²) in [5, 5.41) is 8.88. The lowest BCUT2D eigenvalue weighted by atomic mass is 9.58. The lowest BCUT2D eigenvalue weighted by Gasteiger charge is -2.58. The van der Waals surface area contributed by atoms with Gasteiger partial charge in [-0.05, 0) is 32.7 Å². The molecule has 1 saturated carbocycles. The van der Waals surface area contributed by atoms with Gasteiger partial charge in [-0.2, -0.15) is 0 Å². The molecule has 0 saturated heterocycles. The lowest BCUT2D eigenvalue weighted by molar-refractivity contribution is -0.156. The van der Waals surface area contributed by atoms with Crippen LogP contribution in [-0.4, -0.2) is 49.5 Å². The first kappa shape index (κ1) is 13.9. The molecule has 2 atom stereocenters. The molecule has 16 heavy (non-hydrogen) atoms. The molecule has 0 radical (unpaired) electrons. The van der Waals surface area contributed by atoms with Gasteiger partial charge in [-0.25, -0.2) is 0 Å². The monoisotopic (exact) mass is 229 g/mol. The second kappa shape index (κ2) is 5.99. The van der Waals surface area contributed by atoms with Crippen LogP contribution in [-0.2, 0) is 4.74 Å². The summed E-state index contributed by atoms with van der Waals surface area (Å²) in [5.74, 6) is 0. The number of nitrogens with zero attached hydrogens (tertiary/aromatic N) is 1. The third-order valence-corrected chi connectivity index (χ3v) is 4.54. The summed E-state index contributed by atoms with van der Waals surface area (Å²) in [5.41, 5.74) is 0.332. The van der Waals surface area contributed by atoms with Gasteiger partial charge in [-0.1, -0.05) is 13.8 Å². The summed E-state index contributed by atoms with van der Waals surface area (Å²) in [6.07, 6.45) is 4.78. The van der Waals surface area contributed by atoms with Crippen molar-refractivity contribution in [3.63, 3.8) is 0 Å². The molecule has 0 aromatic carbocycles. The van der Waals surface area contributed by atoms with Gasteiger partial charge in [0.2, 0.25) is 0 Å². The van der Waals surface area contributed by atoms with Crippen LogP contribution in [0.1, 0.15) is 39.5 Å². The zero-order valence-electron chi connectivity index (χ0n) is 11.2. The highest BCUT2D eigenvalue weighted by molar-refractivity contribution is 5.06. The molecule has 0 aromatic heterocycles. The molecule has 1 aliphatic carbocycles. The molecule has 0 amide bonds. The van der Waals surface area contributed by atoms with E-state index in [4.69, 9.17) is 9.84 Å². The van der Waals surface area contributed by atoms with E-state index < -0.39 is 0 Å². The molecule has 0 spiro atoms. The van der Waals surface area contributed by atoms with Crippen LogP contribution in [0.2, 0.25) is 0 Å². The third-order valence-electron chi connectivity index (χ3n) is 4.54. The van der Waals surface area contributed by atoms with Crippen LogP contribution >= 0.6 is 0 Å². The van der Waals surface area contributed by atoms with Crippen molar-refractivity contribution < 1.29 is 9.84 Å². The fourth-order valence-electron chi connectivity index (χ4n) is 3.33. The zero-order chi connectivity index (χ0) is 12.2. The number of aliphatic hydroxyl groups excluding tert-OH is 1. The Morgan fingerprint density at radius 2 is 2.00 bits per heavy atom. The predicted octanol–water partition coefficient (Wildman–Crippen LogP) is 1.89. The Morgan fingerprint density at radius 3 is 2.44 bits per heavy atom. The van der Waals surface area contributed by atoms with E-state index in [-0.39, 0.29) is 6.61 Å². The van der Waals surface area contributed by atoms with Crippen LogP contribution < -0.4 is 0 Å². The van der Waals surface area contributed by atoms with Crippen molar-refractivity contribution in [2.45, 2.75) is 51.7 Å². The molecule has 1 rings (SSSR count). The molecule has 3 nitrogen and oxygen atoms in total. The quantitative estimate of drug-likeness (QED) is 0.723. The van der Waals surface area contributed by atoms with Crippen LogP contribution in [0.5, 0.6) is 0 Å². The van der Waals surface area contributed by atoms with Crippen molar-refractivity contribution in [1.82, 2.24) is 4.90 Å². The van der Waals surface area contributed by atoms with Gasteiger partial charge in [0.05, 0.1) is 6.10 Å². The molecule has 0 aliphatic heterocycles. The van der Waals surface area contributed by atoms with Crippen molar-refractivity contribution in [3.8, 4) is 0 Å². The van der Waals surface area contributed by atoms with Gasteiger partial charge in [-0.3, -0.25) is 0 Å². The first-order chi connectivity index (χ1) is 7.66. The molecule has 3 heteroatoms. The van der Waals surface area contributed by atoms with Gasteiger partial charge in [0.15, 0.2) is 0 Å². The number of hydrogen-bond donors (Lipinski definition) is 1. The second-order valence-corrected chi connectivity index (χ2v) is 4.97. The molecule has 1 aliphatic rings. The van der Waals surface area contributed by atoms with Crippen LogP contribution in [0.15, 0.2) is 0 Å². The van der Waals surface area contributed by atoms with Gasteiger partial charge in [-0.15, -0.1) is 0 Å². The summed E-state index contributed by atoms with van der Waals surface area (Å²) >= 11 is 0. The average Bonchev–Trinajstić information content (AvgIpc) is 2.27. The highest BCUT2D eigenvalue weighted by atomic mass is 16.5. The molecule has 1 N–H and O–H groups in total. The fourth-order valence-corrected chi connectivity index (χ4v) is 3.33. The molecule has 0 bridgehead atoms.